The van der Waals surface area contributed by atoms with Crippen LogP contribution in [0.4, 0.5) is 10.7 Å². The smallest absolute Gasteiger partial charge is 0.263 e. The maximum atomic E-state index is 12.1. The summed E-state index contributed by atoms with van der Waals surface area (Å²) in [7, 11) is 1.58. The van der Waals surface area contributed by atoms with Crippen molar-refractivity contribution in [2.45, 2.75) is 45.1 Å². The van der Waals surface area contributed by atoms with Gasteiger partial charge in [-0.05, 0) is 19.3 Å². The fourth-order valence-corrected chi connectivity index (χ4v) is 2.99. The quantitative estimate of drug-likeness (QED) is 0.645. The Morgan fingerprint density at radius 2 is 2.20 bits per heavy atom. The maximum Gasteiger partial charge on any atom is 0.263 e. The normalized spacial score (nSPS) is 14.1. The van der Waals surface area contributed by atoms with E-state index in [2.05, 4.69) is 17.6 Å². The van der Waals surface area contributed by atoms with Crippen LogP contribution in [0.2, 0.25) is 0 Å². The van der Waals surface area contributed by atoms with Crippen molar-refractivity contribution in [3.63, 3.8) is 0 Å². The Kier molecular flexibility index (Phi) is 5.11. The third-order valence-electron chi connectivity index (χ3n) is 3.29. The topological polar surface area (TPSA) is 76.4 Å². The number of anilines is 2. The molecule has 0 radical (unpaired) electrons. The SMILES string of the molecule is CCCCCNc1sc(C(=O)NC2CC2)c(N)c1OC. The number of carbonyl (C=O) groups is 1. The second kappa shape index (κ2) is 6.83. The van der Waals surface area contributed by atoms with Crippen LogP contribution in [-0.2, 0) is 0 Å². The summed E-state index contributed by atoms with van der Waals surface area (Å²) < 4.78 is 5.33. The minimum Gasteiger partial charge on any atom is -0.492 e. The molecule has 1 saturated carbocycles. The summed E-state index contributed by atoms with van der Waals surface area (Å²) in [5.74, 6) is 0.502. The van der Waals surface area contributed by atoms with E-state index < -0.39 is 0 Å². The van der Waals surface area contributed by atoms with E-state index in [-0.39, 0.29) is 5.91 Å². The second-order valence-corrected chi connectivity index (χ2v) is 6.11. The second-order valence-electron chi connectivity index (χ2n) is 5.09. The number of ether oxygens (including phenoxy) is 1. The van der Waals surface area contributed by atoms with Gasteiger partial charge in [-0.25, -0.2) is 0 Å². The molecule has 6 heteroatoms. The van der Waals surface area contributed by atoms with Gasteiger partial charge in [-0.2, -0.15) is 0 Å². The summed E-state index contributed by atoms with van der Waals surface area (Å²) in [4.78, 5) is 12.7. The Labute approximate surface area is 123 Å². The Morgan fingerprint density at radius 1 is 1.45 bits per heavy atom. The van der Waals surface area contributed by atoms with Crippen molar-refractivity contribution in [3.05, 3.63) is 4.88 Å². The van der Waals surface area contributed by atoms with Crippen molar-refractivity contribution in [1.82, 2.24) is 5.32 Å². The van der Waals surface area contributed by atoms with Crippen molar-refractivity contribution in [1.29, 1.82) is 0 Å². The number of hydrogen-bond donors (Lipinski definition) is 3. The third kappa shape index (κ3) is 3.56. The molecule has 0 atom stereocenters. The van der Waals surface area contributed by atoms with E-state index in [4.69, 9.17) is 10.5 Å². The number of amides is 1. The zero-order valence-corrected chi connectivity index (χ0v) is 12.9. The lowest BCUT2D eigenvalue weighted by Crippen LogP contribution is -2.25. The molecular formula is C14H23N3O2S. The molecule has 1 aliphatic carbocycles. The molecule has 1 aromatic heterocycles. The van der Waals surface area contributed by atoms with Gasteiger partial charge in [0.15, 0.2) is 5.75 Å². The zero-order valence-electron chi connectivity index (χ0n) is 12.1. The molecule has 0 spiro atoms. The number of hydrogen-bond acceptors (Lipinski definition) is 5. The Morgan fingerprint density at radius 3 is 2.80 bits per heavy atom. The van der Waals surface area contributed by atoms with Crippen molar-refractivity contribution in [3.8, 4) is 5.75 Å². The number of rotatable bonds is 8. The standard InChI is InChI=1S/C14H23N3O2S/c1-3-4-5-8-16-14-11(19-2)10(15)12(20-14)13(18)17-9-6-7-9/h9,16H,3-8,15H2,1-2H3,(H,17,18). The predicted octanol–water partition coefficient (Wildman–Crippen LogP) is 2.83. The van der Waals surface area contributed by atoms with Crippen molar-refractivity contribution in [2.24, 2.45) is 0 Å². The first-order valence-electron chi connectivity index (χ1n) is 7.18. The van der Waals surface area contributed by atoms with Gasteiger partial charge in [0.1, 0.15) is 15.6 Å². The Balaban J connectivity index is 2.04. The summed E-state index contributed by atoms with van der Waals surface area (Å²) in [6, 6.07) is 0.330. The third-order valence-corrected chi connectivity index (χ3v) is 4.43. The van der Waals surface area contributed by atoms with Crippen molar-refractivity contribution < 1.29 is 9.53 Å². The number of thiophene rings is 1. The van der Waals surface area contributed by atoms with Gasteiger partial charge in [0.05, 0.1) is 7.11 Å². The number of unbranched alkanes of at least 4 members (excludes halogenated alkanes) is 2. The van der Waals surface area contributed by atoms with Crippen LogP contribution >= 0.6 is 11.3 Å². The highest BCUT2D eigenvalue weighted by Crippen LogP contribution is 2.42. The Bertz CT molecular complexity index is 469. The van der Waals surface area contributed by atoms with Crippen molar-refractivity contribution >= 4 is 27.9 Å². The van der Waals surface area contributed by atoms with Gasteiger partial charge in [0.25, 0.3) is 5.91 Å². The van der Waals surface area contributed by atoms with E-state index in [0.29, 0.717) is 22.4 Å². The van der Waals surface area contributed by atoms with Crippen LogP contribution < -0.4 is 21.1 Å². The molecule has 0 unspecified atom stereocenters. The van der Waals surface area contributed by atoms with Crippen LogP contribution in [0, 0.1) is 0 Å². The molecular weight excluding hydrogens is 274 g/mol. The van der Waals surface area contributed by atoms with Crippen LogP contribution in [-0.4, -0.2) is 25.6 Å². The van der Waals surface area contributed by atoms with Gasteiger partial charge in [-0.1, -0.05) is 19.8 Å². The molecule has 1 aromatic rings. The predicted molar refractivity (Wildman–Crippen MR) is 83.8 cm³/mol. The van der Waals surface area contributed by atoms with Crippen LogP contribution in [0.1, 0.15) is 48.7 Å². The maximum absolute atomic E-state index is 12.1. The minimum absolute atomic E-state index is 0.0880. The molecule has 1 fully saturated rings. The molecule has 1 heterocycles. The van der Waals surface area contributed by atoms with E-state index >= 15 is 0 Å². The first kappa shape index (κ1) is 15.0. The van der Waals surface area contributed by atoms with E-state index in [1.165, 1.54) is 24.2 Å². The van der Waals surface area contributed by atoms with E-state index in [9.17, 15) is 4.79 Å². The molecule has 20 heavy (non-hydrogen) atoms. The summed E-state index contributed by atoms with van der Waals surface area (Å²) in [6.07, 6.45) is 5.60. The number of nitrogen functional groups attached to an aromatic ring is 1. The fourth-order valence-electron chi connectivity index (χ4n) is 1.97. The molecule has 112 valence electrons. The Hall–Kier alpha value is -1.43. The number of nitrogens with one attached hydrogen (secondary N) is 2. The summed E-state index contributed by atoms with van der Waals surface area (Å²) in [6.45, 7) is 3.04. The van der Waals surface area contributed by atoms with Crippen molar-refractivity contribution in [2.75, 3.05) is 24.7 Å². The van der Waals surface area contributed by atoms with Crippen LogP contribution in [0.3, 0.4) is 0 Å². The molecule has 0 aliphatic heterocycles. The lowest BCUT2D eigenvalue weighted by Gasteiger charge is -2.06. The van der Waals surface area contributed by atoms with Crippen LogP contribution in [0.25, 0.3) is 0 Å². The monoisotopic (exact) mass is 297 g/mol. The highest BCUT2D eigenvalue weighted by Gasteiger charge is 2.27. The van der Waals surface area contributed by atoms with Gasteiger partial charge in [0.2, 0.25) is 0 Å². The van der Waals surface area contributed by atoms with Crippen LogP contribution in [0.15, 0.2) is 0 Å². The number of carbonyl (C=O) groups excluding carboxylic acids is 1. The van der Waals surface area contributed by atoms with Gasteiger partial charge in [0, 0.05) is 12.6 Å². The van der Waals surface area contributed by atoms with Gasteiger partial charge in [-0.15, -0.1) is 11.3 Å². The lowest BCUT2D eigenvalue weighted by atomic mass is 10.2. The fraction of sp³-hybridized carbons (Fsp3) is 0.643. The number of methoxy groups -OCH3 is 1. The average Bonchev–Trinajstić information content (AvgIpc) is 3.18. The largest absolute Gasteiger partial charge is 0.492 e. The van der Waals surface area contributed by atoms with E-state index in [1.807, 2.05) is 0 Å². The average molecular weight is 297 g/mol. The molecule has 0 saturated heterocycles. The summed E-state index contributed by atoms with van der Waals surface area (Å²) in [5.41, 5.74) is 6.47. The van der Waals surface area contributed by atoms with Crippen LogP contribution in [0.5, 0.6) is 5.75 Å². The first-order valence-corrected chi connectivity index (χ1v) is 8.00. The zero-order chi connectivity index (χ0) is 14.5. The molecule has 2 rings (SSSR count). The van der Waals surface area contributed by atoms with Gasteiger partial charge >= 0.3 is 0 Å². The molecule has 1 amide bonds. The minimum atomic E-state index is -0.0880. The molecule has 0 aromatic carbocycles. The molecule has 5 nitrogen and oxygen atoms in total. The summed E-state index contributed by atoms with van der Waals surface area (Å²) >= 11 is 1.37. The highest BCUT2D eigenvalue weighted by atomic mass is 32.1. The first-order chi connectivity index (χ1) is 9.67. The van der Waals surface area contributed by atoms with Gasteiger partial charge < -0.3 is 21.1 Å². The molecule has 0 bridgehead atoms. The van der Waals surface area contributed by atoms with E-state index in [0.717, 1.165) is 30.8 Å². The summed E-state index contributed by atoms with van der Waals surface area (Å²) in [5, 5.41) is 7.13. The lowest BCUT2D eigenvalue weighted by molar-refractivity contribution is 0.0956. The molecule has 1 aliphatic rings. The number of nitrogens with two attached hydrogens (primary N) is 1. The van der Waals surface area contributed by atoms with E-state index in [1.54, 1.807) is 7.11 Å². The highest BCUT2D eigenvalue weighted by molar-refractivity contribution is 7.19. The van der Waals surface area contributed by atoms with Gasteiger partial charge in [-0.3, -0.25) is 4.79 Å². The molecule has 4 N–H and O–H groups in total.